The van der Waals surface area contributed by atoms with Crippen molar-refractivity contribution in [3.05, 3.63) is 40.9 Å². The van der Waals surface area contributed by atoms with Crippen molar-refractivity contribution in [3.63, 3.8) is 0 Å². The molecule has 6 nitrogen and oxygen atoms in total. The van der Waals surface area contributed by atoms with Crippen molar-refractivity contribution in [2.45, 2.75) is 51.8 Å². The number of halogens is 3. The van der Waals surface area contributed by atoms with Crippen LogP contribution in [0.3, 0.4) is 0 Å². The van der Waals surface area contributed by atoms with Crippen molar-refractivity contribution in [2.75, 3.05) is 19.6 Å². The smallest absolute Gasteiger partial charge is 0.416 e. The molecule has 0 saturated carbocycles. The van der Waals surface area contributed by atoms with Gasteiger partial charge in [0.15, 0.2) is 0 Å². The number of carbonyl (C=O) groups is 2. The first-order valence-electron chi connectivity index (χ1n) is 10.8. The molecule has 33 heavy (non-hydrogen) atoms. The first-order chi connectivity index (χ1) is 15.4. The van der Waals surface area contributed by atoms with Crippen LogP contribution in [-0.4, -0.2) is 47.1 Å². The largest absolute Gasteiger partial charge is 0.444 e. The Labute approximate surface area is 195 Å². The molecule has 1 atom stereocenters. The fraction of sp³-hybridized carbons (Fsp3) is 0.522. The molecule has 0 radical (unpaired) electrons. The van der Waals surface area contributed by atoms with Crippen LogP contribution in [0, 0.1) is 5.92 Å². The third-order valence-corrected chi connectivity index (χ3v) is 6.07. The lowest BCUT2D eigenvalue weighted by Crippen LogP contribution is -2.45. The number of thiazole rings is 1. The Hall–Kier alpha value is -2.62. The number of alkyl halides is 3. The second kappa shape index (κ2) is 10.1. The monoisotopic (exact) mass is 483 g/mol. The number of rotatable bonds is 5. The molecule has 3 rings (SSSR count). The Morgan fingerprint density at radius 3 is 2.73 bits per heavy atom. The van der Waals surface area contributed by atoms with Crippen molar-refractivity contribution in [3.8, 4) is 10.6 Å². The highest BCUT2D eigenvalue weighted by atomic mass is 32.1. The minimum absolute atomic E-state index is 0.0850. The lowest BCUT2D eigenvalue weighted by molar-refractivity contribution is -0.137. The molecule has 1 N–H and O–H groups in total. The Bertz CT molecular complexity index is 985. The molecule has 1 unspecified atom stereocenters. The maximum Gasteiger partial charge on any atom is 0.416 e. The number of benzene rings is 1. The third-order valence-electron chi connectivity index (χ3n) is 5.13. The van der Waals surface area contributed by atoms with E-state index in [1.807, 2.05) is 0 Å². The van der Waals surface area contributed by atoms with Crippen LogP contribution in [0.2, 0.25) is 0 Å². The van der Waals surface area contributed by atoms with E-state index in [9.17, 15) is 22.8 Å². The first kappa shape index (κ1) is 25.0. The van der Waals surface area contributed by atoms with Gasteiger partial charge in [-0.2, -0.15) is 13.2 Å². The Balaban J connectivity index is 1.55. The quantitative estimate of drug-likeness (QED) is 0.640. The van der Waals surface area contributed by atoms with Crippen LogP contribution >= 0.6 is 11.3 Å². The summed E-state index contributed by atoms with van der Waals surface area (Å²) in [5, 5.41) is 4.92. The van der Waals surface area contributed by atoms with Crippen LogP contribution < -0.4 is 5.32 Å². The summed E-state index contributed by atoms with van der Waals surface area (Å²) in [5.41, 5.74) is -0.391. The van der Waals surface area contributed by atoms with E-state index in [0.717, 1.165) is 25.0 Å². The molecule has 1 aliphatic rings. The van der Waals surface area contributed by atoms with Crippen molar-refractivity contribution >= 4 is 23.3 Å². The van der Waals surface area contributed by atoms with Crippen molar-refractivity contribution in [1.82, 2.24) is 15.2 Å². The van der Waals surface area contributed by atoms with Crippen molar-refractivity contribution in [2.24, 2.45) is 5.92 Å². The molecule has 180 valence electrons. The number of nitrogens with zero attached hydrogens (tertiary/aromatic N) is 2. The fourth-order valence-corrected chi connectivity index (χ4v) is 4.43. The number of hydrogen-bond donors (Lipinski definition) is 1. The molecule has 0 aliphatic carbocycles. The van der Waals surface area contributed by atoms with Gasteiger partial charge in [-0.15, -0.1) is 11.3 Å². The van der Waals surface area contributed by atoms with Gasteiger partial charge in [0, 0.05) is 30.6 Å². The summed E-state index contributed by atoms with van der Waals surface area (Å²) in [6.07, 6.45) is -3.08. The molecule has 1 aromatic heterocycles. The highest BCUT2D eigenvalue weighted by Gasteiger charge is 2.31. The average molecular weight is 484 g/mol. The van der Waals surface area contributed by atoms with Gasteiger partial charge < -0.3 is 15.0 Å². The van der Waals surface area contributed by atoms with Gasteiger partial charge in [0.2, 0.25) is 5.91 Å². The minimum atomic E-state index is -4.42. The molecule has 1 aliphatic heterocycles. The minimum Gasteiger partial charge on any atom is -0.444 e. The van der Waals surface area contributed by atoms with Crippen LogP contribution in [0.15, 0.2) is 29.6 Å². The summed E-state index contributed by atoms with van der Waals surface area (Å²) in [4.78, 5) is 30.8. The molecule has 1 aromatic carbocycles. The summed E-state index contributed by atoms with van der Waals surface area (Å²) in [6, 6.07) is 5.01. The number of carbonyl (C=O) groups excluding carboxylic acids is 2. The van der Waals surface area contributed by atoms with Crippen molar-refractivity contribution in [1.29, 1.82) is 0 Å². The molecule has 0 spiro atoms. The molecular weight excluding hydrogens is 455 g/mol. The SMILES string of the molecule is CC(C)(C)OC(=O)NCC1CCCN(C(=O)Cc2csc(-c3cccc(C(F)(F)F)c3)n2)C1. The molecule has 2 heterocycles. The molecular formula is C23H28F3N3O3S. The van der Waals surface area contributed by atoms with Gasteiger partial charge in [-0.25, -0.2) is 9.78 Å². The molecule has 10 heteroatoms. The van der Waals surface area contributed by atoms with Crippen LogP contribution in [0.25, 0.3) is 10.6 Å². The van der Waals surface area contributed by atoms with E-state index >= 15 is 0 Å². The van der Waals surface area contributed by atoms with E-state index in [1.165, 1.54) is 17.4 Å². The highest BCUT2D eigenvalue weighted by Crippen LogP contribution is 2.33. The second-order valence-electron chi connectivity index (χ2n) is 9.13. The maximum absolute atomic E-state index is 13.0. The van der Waals surface area contributed by atoms with Gasteiger partial charge in [-0.3, -0.25) is 4.79 Å². The summed E-state index contributed by atoms with van der Waals surface area (Å²) in [7, 11) is 0. The Kier molecular flexibility index (Phi) is 7.66. The summed E-state index contributed by atoms with van der Waals surface area (Å²) in [5.74, 6) is 0.0455. The van der Waals surface area contributed by atoms with E-state index in [-0.39, 0.29) is 18.2 Å². The van der Waals surface area contributed by atoms with E-state index in [2.05, 4.69) is 10.3 Å². The molecule has 1 saturated heterocycles. The number of piperidine rings is 1. The van der Waals surface area contributed by atoms with E-state index < -0.39 is 23.4 Å². The molecule has 2 amide bonds. The number of hydrogen-bond acceptors (Lipinski definition) is 5. The topological polar surface area (TPSA) is 71.5 Å². The van der Waals surface area contributed by atoms with Gasteiger partial charge >= 0.3 is 12.3 Å². The number of amides is 2. The van der Waals surface area contributed by atoms with Crippen molar-refractivity contribution < 1.29 is 27.5 Å². The predicted molar refractivity (Wildman–Crippen MR) is 120 cm³/mol. The van der Waals surface area contributed by atoms with E-state index in [4.69, 9.17) is 4.74 Å². The zero-order valence-electron chi connectivity index (χ0n) is 18.9. The van der Waals surface area contributed by atoms with Gasteiger partial charge in [-0.05, 0) is 51.7 Å². The van der Waals surface area contributed by atoms with Gasteiger partial charge in [-0.1, -0.05) is 12.1 Å². The lowest BCUT2D eigenvalue weighted by atomic mass is 9.97. The zero-order chi connectivity index (χ0) is 24.2. The van der Waals surface area contributed by atoms with E-state index in [0.29, 0.717) is 35.9 Å². The lowest BCUT2D eigenvalue weighted by Gasteiger charge is -2.33. The van der Waals surface area contributed by atoms with Gasteiger partial charge in [0.1, 0.15) is 10.6 Å². The van der Waals surface area contributed by atoms with Gasteiger partial charge in [0.25, 0.3) is 0 Å². The van der Waals surface area contributed by atoms with Crippen LogP contribution in [0.5, 0.6) is 0 Å². The third kappa shape index (κ3) is 7.45. The standard InChI is InChI=1S/C23H28F3N3O3S/c1-22(2,3)32-21(31)27-12-15-6-5-9-29(13-15)19(30)11-18-14-33-20(28-18)16-7-4-8-17(10-16)23(24,25)26/h4,7-8,10,14-15H,5-6,9,11-13H2,1-3H3,(H,27,31). The fourth-order valence-electron chi connectivity index (χ4n) is 3.62. The first-order valence-corrected chi connectivity index (χ1v) is 11.7. The predicted octanol–water partition coefficient (Wildman–Crippen LogP) is 5.13. The number of likely N-dealkylation sites (tertiary alicyclic amines) is 1. The molecule has 1 fully saturated rings. The average Bonchev–Trinajstić information content (AvgIpc) is 3.19. The van der Waals surface area contributed by atoms with Crippen LogP contribution in [0.4, 0.5) is 18.0 Å². The van der Waals surface area contributed by atoms with Gasteiger partial charge in [0.05, 0.1) is 17.7 Å². The number of alkyl carbamates (subject to hydrolysis) is 1. The second-order valence-corrected chi connectivity index (χ2v) is 9.99. The maximum atomic E-state index is 13.0. The summed E-state index contributed by atoms with van der Waals surface area (Å²) in [6.45, 7) is 6.97. The van der Waals surface area contributed by atoms with Crippen LogP contribution in [-0.2, 0) is 22.1 Å². The Morgan fingerprint density at radius 2 is 2.03 bits per heavy atom. The number of nitrogens with one attached hydrogen (secondary N) is 1. The molecule has 2 aromatic rings. The molecule has 0 bridgehead atoms. The highest BCUT2D eigenvalue weighted by molar-refractivity contribution is 7.13. The number of aromatic nitrogens is 1. The van der Waals surface area contributed by atoms with Crippen LogP contribution in [0.1, 0.15) is 44.9 Å². The Morgan fingerprint density at radius 1 is 1.27 bits per heavy atom. The summed E-state index contributed by atoms with van der Waals surface area (Å²) < 4.78 is 44.2. The number of ether oxygens (including phenoxy) is 1. The van der Waals surface area contributed by atoms with E-state index in [1.54, 1.807) is 37.1 Å². The normalized spacial score (nSPS) is 17.0. The summed E-state index contributed by atoms with van der Waals surface area (Å²) >= 11 is 1.22. The zero-order valence-corrected chi connectivity index (χ0v) is 19.7.